The number of para-hydroxylation sites is 1. The Morgan fingerprint density at radius 1 is 1.12 bits per heavy atom. The minimum absolute atomic E-state index is 0.0875. The molecule has 2 aromatic carbocycles. The second-order valence-electron chi connectivity index (χ2n) is 6.93. The van der Waals surface area contributed by atoms with Crippen molar-refractivity contribution in [2.75, 3.05) is 11.9 Å². The Morgan fingerprint density at radius 2 is 1.84 bits per heavy atom. The summed E-state index contributed by atoms with van der Waals surface area (Å²) in [6.45, 7) is 2.16. The van der Waals surface area contributed by atoms with E-state index in [-0.39, 0.29) is 18.1 Å². The van der Waals surface area contributed by atoms with Gasteiger partial charge in [-0.05, 0) is 32.3 Å². The van der Waals surface area contributed by atoms with E-state index in [1.165, 1.54) is 6.42 Å². The van der Waals surface area contributed by atoms with E-state index in [0.29, 0.717) is 0 Å². The van der Waals surface area contributed by atoms with Crippen molar-refractivity contribution in [3.63, 3.8) is 0 Å². The molecular weight excluding hydrogens is 312 g/mol. The number of aromatic amines is 1. The normalized spacial score (nSPS) is 15.7. The summed E-state index contributed by atoms with van der Waals surface area (Å²) in [5.41, 5.74) is 3.66. The van der Waals surface area contributed by atoms with Crippen molar-refractivity contribution >= 4 is 22.5 Å². The highest BCUT2D eigenvalue weighted by atomic mass is 16.5. The molecule has 0 atom stereocenters. The van der Waals surface area contributed by atoms with Crippen LogP contribution in [0, 0.1) is 0 Å². The molecule has 3 aromatic rings. The van der Waals surface area contributed by atoms with Gasteiger partial charge in [0, 0.05) is 16.5 Å². The molecule has 1 aliphatic carbocycles. The first-order valence-corrected chi connectivity index (χ1v) is 8.75. The predicted octanol–water partition coefficient (Wildman–Crippen LogP) is 4.73. The molecule has 128 valence electrons. The fourth-order valence-corrected chi connectivity index (χ4v) is 3.33. The monoisotopic (exact) mass is 334 g/mol. The zero-order valence-electron chi connectivity index (χ0n) is 14.3. The largest absolute Gasteiger partial charge is 0.365 e. The Hall–Kier alpha value is -2.59. The molecule has 1 fully saturated rings. The Balaban J connectivity index is 1.62. The van der Waals surface area contributed by atoms with Crippen LogP contribution >= 0.6 is 0 Å². The third kappa shape index (κ3) is 3.17. The first kappa shape index (κ1) is 15.9. The van der Waals surface area contributed by atoms with Gasteiger partial charge in [-0.3, -0.25) is 4.79 Å². The second-order valence-corrected chi connectivity index (χ2v) is 6.93. The van der Waals surface area contributed by atoms with E-state index in [0.717, 1.165) is 40.7 Å². The van der Waals surface area contributed by atoms with Crippen LogP contribution in [-0.2, 0) is 9.53 Å². The summed E-state index contributed by atoms with van der Waals surface area (Å²) in [7, 11) is 0. The maximum absolute atomic E-state index is 12.5. The lowest BCUT2D eigenvalue weighted by atomic mass is 9.82. The van der Waals surface area contributed by atoms with Gasteiger partial charge in [-0.1, -0.05) is 48.5 Å². The van der Waals surface area contributed by atoms with Gasteiger partial charge in [0.15, 0.2) is 0 Å². The third-order valence-electron chi connectivity index (χ3n) is 5.00. The van der Waals surface area contributed by atoms with Crippen molar-refractivity contribution in [2.45, 2.75) is 31.8 Å². The van der Waals surface area contributed by atoms with Gasteiger partial charge >= 0.3 is 0 Å². The number of hydrogen-bond donors (Lipinski definition) is 2. The molecule has 0 spiro atoms. The van der Waals surface area contributed by atoms with E-state index < -0.39 is 0 Å². The van der Waals surface area contributed by atoms with Crippen LogP contribution in [0.2, 0.25) is 0 Å². The average Bonchev–Trinajstić information content (AvgIpc) is 2.98. The molecule has 2 N–H and O–H groups in total. The topological polar surface area (TPSA) is 54.1 Å². The lowest BCUT2D eigenvalue weighted by molar-refractivity contribution is -0.134. The summed E-state index contributed by atoms with van der Waals surface area (Å²) < 4.78 is 5.81. The number of fused-ring (bicyclic) bond motifs is 1. The van der Waals surface area contributed by atoms with Crippen molar-refractivity contribution in [2.24, 2.45) is 0 Å². The molecule has 0 bridgehead atoms. The first-order chi connectivity index (χ1) is 12.1. The number of amides is 1. The van der Waals surface area contributed by atoms with Crippen LogP contribution in [-0.4, -0.2) is 23.1 Å². The lowest BCUT2D eigenvalue weighted by Gasteiger charge is -2.37. The smallest absolute Gasteiger partial charge is 0.250 e. The number of rotatable bonds is 5. The Bertz CT molecular complexity index is 895. The molecule has 0 aliphatic heterocycles. The second kappa shape index (κ2) is 6.37. The van der Waals surface area contributed by atoms with Crippen LogP contribution in [0.3, 0.4) is 0 Å². The summed E-state index contributed by atoms with van der Waals surface area (Å²) in [5.74, 6) is -0.116. The van der Waals surface area contributed by atoms with Crippen molar-refractivity contribution in [1.82, 2.24) is 4.98 Å². The molecule has 0 radical (unpaired) electrons. The molecule has 4 heteroatoms. The fraction of sp³-hybridized carbons (Fsp3) is 0.286. The fourth-order valence-electron chi connectivity index (χ4n) is 3.33. The molecule has 1 aromatic heterocycles. The summed E-state index contributed by atoms with van der Waals surface area (Å²) in [5, 5.41) is 4.06. The van der Waals surface area contributed by atoms with Crippen LogP contribution in [0.4, 0.5) is 5.69 Å². The molecule has 1 aliphatic rings. The predicted molar refractivity (Wildman–Crippen MR) is 101 cm³/mol. The highest BCUT2D eigenvalue weighted by molar-refractivity contribution is 6.08. The molecule has 0 saturated heterocycles. The standard InChI is InChI=1S/C21H22N2O2/c1-21(12-7-13-21)25-14-18(24)23-20-16-10-5-6-11-17(16)22-19(20)15-8-3-2-4-9-15/h2-6,8-11,22H,7,12-14H2,1H3,(H,23,24). The van der Waals surface area contributed by atoms with Crippen molar-refractivity contribution in [3.8, 4) is 11.3 Å². The first-order valence-electron chi connectivity index (χ1n) is 8.75. The highest BCUT2D eigenvalue weighted by Gasteiger charge is 2.33. The number of hydrogen-bond acceptors (Lipinski definition) is 2. The number of carbonyl (C=O) groups is 1. The van der Waals surface area contributed by atoms with Gasteiger partial charge in [-0.2, -0.15) is 0 Å². The van der Waals surface area contributed by atoms with Gasteiger partial charge in [0.25, 0.3) is 0 Å². The van der Waals surface area contributed by atoms with E-state index in [4.69, 9.17) is 4.74 Å². The number of benzene rings is 2. The van der Waals surface area contributed by atoms with E-state index in [1.54, 1.807) is 0 Å². The van der Waals surface area contributed by atoms with Gasteiger partial charge in [0.05, 0.1) is 17.0 Å². The lowest BCUT2D eigenvalue weighted by Crippen LogP contribution is -2.39. The van der Waals surface area contributed by atoms with Crippen molar-refractivity contribution in [1.29, 1.82) is 0 Å². The third-order valence-corrected chi connectivity index (χ3v) is 5.00. The molecule has 1 amide bonds. The van der Waals surface area contributed by atoms with Gasteiger partial charge in [-0.25, -0.2) is 0 Å². The summed E-state index contributed by atoms with van der Waals surface area (Å²) >= 11 is 0. The van der Waals surface area contributed by atoms with Crippen LogP contribution in [0.15, 0.2) is 54.6 Å². The minimum atomic E-state index is -0.125. The number of aromatic nitrogens is 1. The maximum atomic E-state index is 12.5. The summed E-state index contributed by atoms with van der Waals surface area (Å²) in [6.07, 6.45) is 3.24. The number of carbonyl (C=O) groups excluding carboxylic acids is 1. The number of anilines is 1. The summed E-state index contributed by atoms with van der Waals surface area (Å²) in [4.78, 5) is 15.9. The highest BCUT2D eigenvalue weighted by Crippen LogP contribution is 2.36. The van der Waals surface area contributed by atoms with Crippen molar-refractivity contribution in [3.05, 3.63) is 54.6 Å². The van der Waals surface area contributed by atoms with Gasteiger partial charge < -0.3 is 15.0 Å². The Morgan fingerprint density at radius 3 is 2.56 bits per heavy atom. The number of H-pyrrole nitrogens is 1. The van der Waals surface area contributed by atoms with E-state index in [9.17, 15) is 4.79 Å². The molecule has 0 unspecified atom stereocenters. The SMILES string of the molecule is CC1(OCC(=O)Nc2c(-c3ccccc3)[nH]c3ccccc23)CCC1. The maximum Gasteiger partial charge on any atom is 0.250 e. The minimum Gasteiger partial charge on any atom is -0.365 e. The van der Waals surface area contributed by atoms with Crippen LogP contribution < -0.4 is 5.32 Å². The number of nitrogens with one attached hydrogen (secondary N) is 2. The molecular formula is C21H22N2O2. The quantitative estimate of drug-likeness (QED) is 0.708. The van der Waals surface area contributed by atoms with Crippen molar-refractivity contribution < 1.29 is 9.53 Å². The molecule has 4 nitrogen and oxygen atoms in total. The van der Waals surface area contributed by atoms with E-state index in [1.807, 2.05) is 54.6 Å². The van der Waals surface area contributed by atoms with E-state index >= 15 is 0 Å². The number of ether oxygens (including phenoxy) is 1. The molecule has 1 saturated carbocycles. The zero-order chi connectivity index (χ0) is 17.3. The van der Waals surface area contributed by atoms with Crippen LogP contribution in [0.5, 0.6) is 0 Å². The molecule has 1 heterocycles. The van der Waals surface area contributed by atoms with E-state index in [2.05, 4.69) is 17.2 Å². The molecule has 4 rings (SSSR count). The van der Waals surface area contributed by atoms with Gasteiger partial charge in [0.1, 0.15) is 6.61 Å². The summed E-state index contributed by atoms with van der Waals surface area (Å²) in [6, 6.07) is 18.0. The van der Waals surface area contributed by atoms with Gasteiger partial charge in [-0.15, -0.1) is 0 Å². The Kier molecular flexibility index (Phi) is 4.06. The Labute approximate surface area is 147 Å². The van der Waals surface area contributed by atoms with Gasteiger partial charge in [0.2, 0.25) is 5.91 Å². The molecule has 25 heavy (non-hydrogen) atoms. The van der Waals surface area contributed by atoms with Crippen LogP contribution in [0.25, 0.3) is 22.2 Å². The zero-order valence-corrected chi connectivity index (χ0v) is 14.3. The average molecular weight is 334 g/mol. The van der Waals surface area contributed by atoms with Crippen LogP contribution in [0.1, 0.15) is 26.2 Å².